The summed E-state index contributed by atoms with van der Waals surface area (Å²) in [4.78, 5) is 28.3. The highest BCUT2D eigenvalue weighted by atomic mass is 16.6. The Kier molecular flexibility index (Phi) is 9.38. The van der Waals surface area contributed by atoms with Gasteiger partial charge in [0.05, 0.1) is 11.5 Å². The van der Waals surface area contributed by atoms with E-state index in [1.54, 1.807) is 0 Å². The molecule has 0 radical (unpaired) electrons. The number of unbranched alkanes of at least 4 members (excludes halogenated alkanes) is 1. The Morgan fingerprint density at radius 1 is 0.725 bits per heavy atom. The Balaban J connectivity index is 1.34. The number of hydrogen-bond acceptors (Lipinski definition) is 7. The molecule has 7 rings (SSSR count). The summed E-state index contributed by atoms with van der Waals surface area (Å²) in [6, 6.07) is 46.7. The number of tetrazole rings is 1. The third-order valence-corrected chi connectivity index (χ3v) is 9.20. The van der Waals surface area contributed by atoms with Crippen LogP contribution in [0.5, 0.6) is 0 Å². The van der Waals surface area contributed by atoms with Crippen molar-refractivity contribution in [2.24, 2.45) is 0 Å². The Bertz CT molecular complexity index is 2230. The van der Waals surface area contributed by atoms with E-state index in [1.807, 2.05) is 115 Å². The molecule has 0 unspecified atom stereocenters. The normalized spacial score (nSPS) is 11.4. The predicted molar refractivity (Wildman–Crippen MR) is 196 cm³/mol. The van der Waals surface area contributed by atoms with Gasteiger partial charge in [0.1, 0.15) is 17.6 Å². The molecule has 0 fully saturated rings. The lowest BCUT2D eigenvalue weighted by Crippen LogP contribution is -2.39. The van der Waals surface area contributed by atoms with Crippen LogP contribution in [0.2, 0.25) is 0 Å². The van der Waals surface area contributed by atoms with Gasteiger partial charge in [-0.15, -0.1) is 5.10 Å². The first kappa shape index (κ1) is 33.0. The number of benzene rings is 5. The average molecular weight is 674 g/mol. The van der Waals surface area contributed by atoms with Crippen LogP contribution in [0.4, 0.5) is 5.69 Å². The Morgan fingerprint density at radius 3 is 1.82 bits per heavy atom. The third-order valence-electron chi connectivity index (χ3n) is 9.20. The fraction of sp³-hybridized carbons (Fsp3) is 0.146. The first-order valence-electron chi connectivity index (χ1n) is 16.9. The third kappa shape index (κ3) is 6.23. The molecular formula is C41H35N7O3. The van der Waals surface area contributed by atoms with E-state index in [-0.39, 0.29) is 6.54 Å². The van der Waals surface area contributed by atoms with Gasteiger partial charge in [-0.05, 0) is 50.2 Å². The second-order valence-electron chi connectivity index (χ2n) is 12.3. The minimum Gasteiger partial charge on any atom is -0.286 e. The predicted octanol–water partition coefficient (Wildman–Crippen LogP) is 7.70. The van der Waals surface area contributed by atoms with Crippen molar-refractivity contribution in [2.75, 3.05) is 0 Å². The van der Waals surface area contributed by atoms with Crippen molar-refractivity contribution in [3.63, 3.8) is 0 Å². The van der Waals surface area contributed by atoms with Gasteiger partial charge in [0.15, 0.2) is 5.82 Å². The minimum absolute atomic E-state index is 0.167. The molecule has 0 aliphatic rings. The lowest BCUT2D eigenvalue weighted by atomic mass is 9.77. The topological polar surface area (TPSA) is 122 Å². The Labute approximate surface area is 294 Å². The smallest absolute Gasteiger partial charge is 0.286 e. The second kappa shape index (κ2) is 14.5. The molecule has 5 aromatic carbocycles. The summed E-state index contributed by atoms with van der Waals surface area (Å²) in [6.45, 7) is 2.22. The largest absolute Gasteiger partial charge is 0.352 e. The molecule has 0 spiro atoms. The number of hydrogen-bond donors (Lipinski definition) is 0. The second-order valence-corrected chi connectivity index (χ2v) is 12.3. The first-order chi connectivity index (χ1) is 25.0. The Morgan fingerprint density at radius 2 is 1.27 bits per heavy atom. The summed E-state index contributed by atoms with van der Waals surface area (Å²) in [7, 11) is 0. The molecule has 0 N–H and O–H groups in total. The van der Waals surface area contributed by atoms with E-state index >= 15 is 0 Å². The summed E-state index contributed by atoms with van der Waals surface area (Å²) in [5.41, 5.74) is 4.41. The standard InChI is InChI=1S/C41H35N7O3/c1-2-3-23-38-42-28-37(48(50)51)40(49)46(38)29-30-24-26-31(27-25-30)35-21-13-14-22-36(35)39-43-44-45-47(39)41(32-15-7-4-8-16-32,33-17-9-5-10-18-33)34-19-11-6-12-20-34/h4-22,24-28H,2-3,23,29H2,1H3. The molecule has 0 saturated carbocycles. The lowest BCUT2D eigenvalue weighted by molar-refractivity contribution is -0.386. The van der Waals surface area contributed by atoms with Crippen LogP contribution >= 0.6 is 0 Å². The van der Waals surface area contributed by atoms with Crippen molar-refractivity contribution >= 4 is 5.69 Å². The zero-order chi connectivity index (χ0) is 35.2. The van der Waals surface area contributed by atoms with Gasteiger partial charge < -0.3 is 0 Å². The maximum atomic E-state index is 13.1. The zero-order valence-corrected chi connectivity index (χ0v) is 28.0. The maximum Gasteiger partial charge on any atom is 0.352 e. The molecule has 252 valence electrons. The zero-order valence-electron chi connectivity index (χ0n) is 28.0. The highest BCUT2D eigenvalue weighted by molar-refractivity contribution is 5.81. The number of aryl methyl sites for hydroxylation is 1. The monoisotopic (exact) mass is 673 g/mol. The molecule has 2 heterocycles. The van der Waals surface area contributed by atoms with Crippen LogP contribution in [0.1, 0.15) is 47.8 Å². The molecule has 10 heteroatoms. The van der Waals surface area contributed by atoms with E-state index in [9.17, 15) is 14.9 Å². The molecule has 0 aliphatic heterocycles. The van der Waals surface area contributed by atoms with Crippen LogP contribution in [0.15, 0.2) is 151 Å². The lowest BCUT2D eigenvalue weighted by Gasteiger charge is -2.36. The van der Waals surface area contributed by atoms with Crippen molar-refractivity contribution in [1.29, 1.82) is 0 Å². The fourth-order valence-corrected chi connectivity index (χ4v) is 6.73. The quantitative estimate of drug-likeness (QED) is 0.0740. The van der Waals surface area contributed by atoms with Crippen LogP contribution < -0.4 is 5.56 Å². The fourth-order valence-electron chi connectivity index (χ4n) is 6.73. The molecular weight excluding hydrogens is 638 g/mol. The van der Waals surface area contributed by atoms with Crippen LogP contribution in [0, 0.1) is 10.1 Å². The molecule has 51 heavy (non-hydrogen) atoms. The highest BCUT2D eigenvalue weighted by Crippen LogP contribution is 2.43. The van der Waals surface area contributed by atoms with Crippen LogP contribution in [-0.2, 0) is 18.5 Å². The van der Waals surface area contributed by atoms with Gasteiger partial charge in [-0.3, -0.25) is 19.5 Å². The summed E-state index contributed by atoms with van der Waals surface area (Å²) >= 11 is 0. The van der Waals surface area contributed by atoms with Gasteiger partial charge in [0.2, 0.25) is 0 Å². The summed E-state index contributed by atoms with van der Waals surface area (Å²) in [5.74, 6) is 1.12. The van der Waals surface area contributed by atoms with Crippen LogP contribution in [0.25, 0.3) is 22.5 Å². The molecule has 10 nitrogen and oxygen atoms in total. The van der Waals surface area contributed by atoms with Gasteiger partial charge in [-0.2, -0.15) is 0 Å². The SMILES string of the molecule is CCCCc1ncc([N+](=O)[O-])c(=O)n1Cc1ccc(-c2ccccc2-c2nnnn2C(c2ccccc2)(c2ccccc2)c2ccccc2)cc1. The Hall–Kier alpha value is -6.55. The van der Waals surface area contributed by atoms with E-state index in [2.05, 4.69) is 51.7 Å². The van der Waals surface area contributed by atoms with Crippen molar-refractivity contribution in [1.82, 2.24) is 29.8 Å². The van der Waals surface area contributed by atoms with Crippen molar-refractivity contribution in [3.8, 4) is 22.5 Å². The minimum atomic E-state index is -0.908. The molecule has 0 aliphatic carbocycles. The van der Waals surface area contributed by atoms with E-state index in [0.29, 0.717) is 18.1 Å². The van der Waals surface area contributed by atoms with Gasteiger partial charge in [-0.1, -0.05) is 153 Å². The molecule has 7 aromatic rings. The van der Waals surface area contributed by atoms with E-state index in [1.165, 1.54) is 4.57 Å². The van der Waals surface area contributed by atoms with E-state index in [4.69, 9.17) is 5.21 Å². The summed E-state index contributed by atoms with van der Waals surface area (Å²) < 4.78 is 3.33. The van der Waals surface area contributed by atoms with Crippen LogP contribution in [0.3, 0.4) is 0 Å². The van der Waals surface area contributed by atoms with E-state index in [0.717, 1.165) is 58.0 Å². The van der Waals surface area contributed by atoms with Crippen molar-refractivity contribution in [2.45, 2.75) is 38.3 Å². The molecule has 0 saturated heterocycles. The van der Waals surface area contributed by atoms with Crippen molar-refractivity contribution < 1.29 is 4.92 Å². The van der Waals surface area contributed by atoms with E-state index < -0.39 is 21.7 Å². The molecule has 0 bridgehead atoms. The number of aromatic nitrogens is 6. The first-order valence-corrected chi connectivity index (χ1v) is 16.9. The maximum absolute atomic E-state index is 13.1. The number of rotatable bonds is 12. The van der Waals surface area contributed by atoms with Gasteiger partial charge in [-0.25, -0.2) is 9.67 Å². The molecule has 0 amide bonds. The average Bonchev–Trinajstić information content (AvgIpc) is 3.67. The number of nitrogens with zero attached hydrogens (tertiary/aromatic N) is 7. The van der Waals surface area contributed by atoms with Crippen molar-refractivity contribution in [3.05, 3.63) is 194 Å². The van der Waals surface area contributed by atoms with Crippen LogP contribution in [-0.4, -0.2) is 34.7 Å². The van der Waals surface area contributed by atoms with Gasteiger partial charge >= 0.3 is 11.2 Å². The van der Waals surface area contributed by atoms with Gasteiger partial charge in [0, 0.05) is 12.0 Å². The summed E-state index contributed by atoms with van der Waals surface area (Å²) in [6.07, 6.45) is 3.35. The highest BCUT2D eigenvalue weighted by Gasteiger charge is 2.42. The summed E-state index contributed by atoms with van der Waals surface area (Å²) in [5, 5.41) is 25.2. The molecule has 0 atom stereocenters. The number of nitro groups is 1. The molecule has 2 aromatic heterocycles. The van der Waals surface area contributed by atoms with Gasteiger partial charge in [0.25, 0.3) is 0 Å².